The van der Waals surface area contributed by atoms with Gasteiger partial charge >= 0.3 is 0 Å². The van der Waals surface area contributed by atoms with Gasteiger partial charge in [0.2, 0.25) is 0 Å². The van der Waals surface area contributed by atoms with Crippen LogP contribution in [0.4, 0.5) is 24.7 Å². The first kappa shape index (κ1) is 15.9. The third kappa shape index (κ3) is 2.71. The van der Waals surface area contributed by atoms with Gasteiger partial charge in [0.15, 0.2) is 17.5 Å². The first-order valence-corrected chi connectivity index (χ1v) is 7.78. The van der Waals surface area contributed by atoms with Gasteiger partial charge in [-0.2, -0.15) is 0 Å². The summed E-state index contributed by atoms with van der Waals surface area (Å²) >= 11 is 0. The summed E-state index contributed by atoms with van der Waals surface area (Å²) < 4.78 is 42.0. The van der Waals surface area contributed by atoms with Crippen LogP contribution >= 0.6 is 0 Å². The molecular formula is C17H20F3N3. The number of halogens is 3. The zero-order chi connectivity index (χ0) is 16.7. The molecule has 1 unspecified atom stereocenters. The lowest BCUT2D eigenvalue weighted by molar-refractivity contribution is 0.442. The van der Waals surface area contributed by atoms with Crippen LogP contribution in [-0.4, -0.2) is 32.2 Å². The molecule has 124 valence electrons. The zero-order valence-electron chi connectivity index (χ0n) is 13.5. The number of rotatable bonds is 2. The summed E-state index contributed by atoms with van der Waals surface area (Å²) in [6.07, 6.45) is 3.68. The molecule has 0 saturated carbocycles. The van der Waals surface area contributed by atoms with Gasteiger partial charge in [-0.3, -0.25) is 0 Å². The molecule has 3 rings (SSSR count). The topological polar surface area (TPSA) is 19.4 Å². The van der Waals surface area contributed by atoms with Crippen molar-refractivity contribution in [1.82, 2.24) is 4.98 Å². The molecule has 1 aromatic carbocycles. The lowest BCUT2D eigenvalue weighted by Gasteiger charge is -2.33. The summed E-state index contributed by atoms with van der Waals surface area (Å²) in [6, 6.07) is 1.06. The van der Waals surface area contributed by atoms with E-state index in [1.54, 1.807) is 25.2 Å². The van der Waals surface area contributed by atoms with Crippen molar-refractivity contribution in [3.8, 4) is 0 Å². The molecule has 1 saturated heterocycles. The van der Waals surface area contributed by atoms with Gasteiger partial charge in [-0.1, -0.05) is 6.92 Å². The number of piperidine rings is 1. The van der Waals surface area contributed by atoms with Crippen molar-refractivity contribution in [3.63, 3.8) is 0 Å². The standard InChI is InChI=1S/C17H20F3N3/c1-10-5-4-6-23(9-10)17-14-11(13(8-21-17)22(2)3)7-12(18)15(19)16(14)20/h7-8,10H,4-6,9H2,1-3H3. The fraction of sp³-hybridized carbons (Fsp3) is 0.471. The van der Waals surface area contributed by atoms with Crippen LogP contribution in [0.1, 0.15) is 19.8 Å². The predicted octanol–water partition coefficient (Wildman–Crippen LogP) is 3.95. The van der Waals surface area contributed by atoms with Gasteiger partial charge in [-0.15, -0.1) is 0 Å². The van der Waals surface area contributed by atoms with E-state index in [9.17, 15) is 13.2 Å². The van der Waals surface area contributed by atoms with Crippen molar-refractivity contribution >= 4 is 22.3 Å². The molecule has 23 heavy (non-hydrogen) atoms. The van der Waals surface area contributed by atoms with E-state index in [0.29, 0.717) is 22.8 Å². The van der Waals surface area contributed by atoms with E-state index in [-0.39, 0.29) is 5.39 Å². The number of benzene rings is 1. The van der Waals surface area contributed by atoms with E-state index >= 15 is 0 Å². The average Bonchev–Trinajstić information content (AvgIpc) is 2.51. The maximum Gasteiger partial charge on any atom is 0.195 e. The largest absolute Gasteiger partial charge is 0.376 e. The maximum absolute atomic E-state index is 14.5. The number of hydrogen-bond acceptors (Lipinski definition) is 3. The van der Waals surface area contributed by atoms with E-state index in [2.05, 4.69) is 11.9 Å². The molecule has 1 fully saturated rings. The second-order valence-electron chi connectivity index (χ2n) is 6.46. The Balaban J connectivity index is 2.27. The van der Waals surface area contributed by atoms with E-state index in [1.807, 2.05) is 4.90 Å². The lowest BCUT2D eigenvalue weighted by atomic mass is 9.99. The van der Waals surface area contributed by atoms with E-state index < -0.39 is 17.5 Å². The van der Waals surface area contributed by atoms with Gasteiger partial charge in [0, 0.05) is 32.6 Å². The quantitative estimate of drug-likeness (QED) is 0.780. The number of hydrogen-bond donors (Lipinski definition) is 0. The Bertz CT molecular complexity index is 746. The highest BCUT2D eigenvalue weighted by molar-refractivity contribution is 6.01. The van der Waals surface area contributed by atoms with E-state index in [4.69, 9.17) is 0 Å². The molecular weight excluding hydrogens is 303 g/mol. The second-order valence-corrected chi connectivity index (χ2v) is 6.46. The normalized spacial score (nSPS) is 18.5. The Kier molecular flexibility index (Phi) is 4.08. The molecule has 1 aliphatic heterocycles. The van der Waals surface area contributed by atoms with E-state index in [1.165, 1.54) is 0 Å². The summed E-state index contributed by atoms with van der Waals surface area (Å²) in [7, 11) is 3.52. The average molecular weight is 323 g/mol. The molecule has 0 aliphatic carbocycles. The lowest BCUT2D eigenvalue weighted by Crippen LogP contribution is -2.35. The Hall–Kier alpha value is -1.98. The van der Waals surface area contributed by atoms with Crippen molar-refractivity contribution in [2.75, 3.05) is 37.0 Å². The van der Waals surface area contributed by atoms with Crippen LogP contribution in [0.25, 0.3) is 10.8 Å². The van der Waals surface area contributed by atoms with Gasteiger partial charge in [0.05, 0.1) is 17.3 Å². The minimum absolute atomic E-state index is 0.0594. The molecule has 0 radical (unpaired) electrons. The molecule has 6 heteroatoms. The minimum atomic E-state index is -1.44. The van der Waals surface area contributed by atoms with Crippen molar-refractivity contribution < 1.29 is 13.2 Å². The van der Waals surface area contributed by atoms with Crippen molar-refractivity contribution in [1.29, 1.82) is 0 Å². The Morgan fingerprint density at radius 3 is 2.61 bits per heavy atom. The van der Waals surface area contributed by atoms with Crippen molar-refractivity contribution in [2.24, 2.45) is 5.92 Å². The third-order valence-electron chi connectivity index (χ3n) is 4.41. The van der Waals surface area contributed by atoms with E-state index in [0.717, 1.165) is 32.0 Å². The highest BCUT2D eigenvalue weighted by atomic mass is 19.2. The fourth-order valence-electron chi connectivity index (χ4n) is 3.25. The predicted molar refractivity (Wildman–Crippen MR) is 86.6 cm³/mol. The first-order valence-electron chi connectivity index (χ1n) is 7.78. The van der Waals surface area contributed by atoms with Crippen molar-refractivity contribution in [3.05, 3.63) is 29.7 Å². The third-order valence-corrected chi connectivity index (χ3v) is 4.41. The van der Waals surface area contributed by atoms with Crippen LogP contribution in [0.5, 0.6) is 0 Å². The van der Waals surface area contributed by atoms with Gasteiger partial charge in [-0.05, 0) is 24.8 Å². The van der Waals surface area contributed by atoms with Gasteiger partial charge in [0.25, 0.3) is 0 Å². The summed E-state index contributed by atoms with van der Waals surface area (Å²) in [4.78, 5) is 8.06. The van der Waals surface area contributed by atoms with Gasteiger partial charge in [0.1, 0.15) is 5.82 Å². The molecule has 1 aliphatic rings. The van der Waals surface area contributed by atoms with Crippen LogP contribution in [-0.2, 0) is 0 Å². The van der Waals surface area contributed by atoms with Crippen LogP contribution < -0.4 is 9.80 Å². The SMILES string of the molecule is CC1CCCN(c2ncc(N(C)C)c3cc(F)c(F)c(F)c23)C1. The van der Waals surface area contributed by atoms with Crippen LogP contribution in [0.15, 0.2) is 12.3 Å². The number of fused-ring (bicyclic) bond motifs is 1. The summed E-state index contributed by atoms with van der Waals surface area (Å²) in [5.74, 6) is -2.93. The summed E-state index contributed by atoms with van der Waals surface area (Å²) in [5.41, 5.74) is 0.562. The molecule has 0 bridgehead atoms. The molecule has 3 nitrogen and oxygen atoms in total. The highest BCUT2D eigenvalue weighted by Gasteiger charge is 2.25. The van der Waals surface area contributed by atoms with Crippen LogP contribution in [0.3, 0.4) is 0 Å². The summed E-state index contributed by atoms with van der Waals surface area (Å²) in [5, 5.41) is 0.402. The van der Waals surface area contributed by atoms with Crippen LogP contribution in [0, 0.1) is 23.4 Å². The Morgan fingerprint density at radius 2 is 1.96 bits per heavy atom. The number of anilines is 2. The number of aromatic nitrogens is 1. The zero-order valence-corrected chi connectivity index (χ0v) is 13.5. The number of pyridine rings is 1. The van der Waals surface area contributed by atoms with Crippen LogP contribution in [0.2, 0.25) is 0 Å². The second kappa shape index (κ2) is 5.91. The molecule has 2 aromatic rings. The fourth-order valence-corrected chi connectivity index (χ4v) is 3.25. The molecule has 1 aromatic heterocycles. The smallest absolute Gasteiger partial charge is 0.195 e. The first-order chi connectivity index (χ1) is 10.9. The van der Waals surface area contributed by atoms with Gasteiger partial charge in [-0.25, -0.2) is 18.2 Å². The van der Waals surface area contributed by atoms with Crippen molar-refractivity contribution in [2.45, 2.75) is 19.8 Å². The number of nitrogens with zero attached hydrogens (tertiary/aromatic N) is 3. The molecule has 1 atom stereocenters. The molecule has 2 heterocycles. The molecule has 0 N–H and O–H groups in total. The minimum Gasteiger partial charge on any atom is -0.376 e. The summed E-state index contributed by atoms with van der Waals surface area (Å²) in [6.45, 7) is 3.60. The maximum atomic E-state index is 14.5. The Labute approximate surface area is 133 Å². The highest BCUT2D eigenvalue weighted by Crippen LogP contribution is 2.36. The van der Waals surface area contributed by atoms with Gasteiger partial charge < -0.3 is 9.80 Å². The molecule has 0 spiro atoms. The Morgan fingerprint density at radius 1 is 1.22 bits per heavy atom. The molecule has 0 amide bonds. The monoisotopic (exact) mass is 323 g/mol.